The van der Waals surface area contributed by atoms with E-state index in [1.165, 1.54) is 13.3 Å². The van der Waals surface area contributed by atoms with Crippen LogP contribution in [0.1, 0.15) is 23.0 Å². The van der Waals surface area contributed by atoms with Gasteiger partial charge in [0.2, 0.25) is 0 Å². The van der Waals surface area contributed by atoms with Gasteiger partial charge in [0.25, 0.3) is 0 Å². The number of methoxy groups -OCH3 is 1. The van der Waals surface area contributed by atoms with Crippen LogP contribution < -0.4 is 16.3 Å². The number of aldehydes is 1. The van der Waals surface area contributed by atoms with E-state index in [1.807, 2.05) is 0 Å². The molecule has 4 atom stereocenters. The van der Waals surface area contributed by atoms with Gasteiger partial charge in [0.15, 0.2) is 6.29 Å². The number of nitrogens with zero attached hydrogens (tertiary/aromatic N) is 2. The van der Waals surface area contributed by atoms with E-state index < -0.39 is 31.7 Å². The van der Waals surface area contributed by atoms with Gasteiger partial charge in [0.1, 0.15) is 25.7 Å². The zero-order chi connectivity index (χ0) is 17.2. The van der Waals surface area contributed by atoms with Crippen molar-refractivity contribution in [2.45, 2.75) is 24.9 Å². The van der Waals surface area contributed by atoms with Gasteiger partial charge in [-0.1, -0.05) is 0 Å². The first-order valence-corrected chi connectivity index (χ1v) is 8.69. The van der Waals surface area contributed by atoms with Crippen LogP contribution in [0.25, 0.3) is 0 Å². The van der Waals surface area contributed by atoms with Crippen LogP contribution in [0.5, 0.6) is 0 Å². The molecule has 2 rings (SSSR count). The first-order chi connectivity index (χ1) is 10.7. The molecular formula is C12H17N3O7P-. The second-order valence-electron chi connectivity index (χ2n) is 5.10. The van der Waals surface area contributed by atoms with E-state index in [0.717, 1.165) is 11.2 Å². The van der Waals surface area contributed by atoms with Crippen molar-refractivity contribution in [3.8, 4) is 0 Å². The van der Waals surface area contributed by atoms with Gasteiger partial charge in [-0.2, -0.15) is 4.98 Å². The lowest BCUT2D eigenvalue weighted by molar-refractivity contribution is -0.200. The molecule has 2 heterocycles. The van der Waals surface area contributed by atoms with E-state index in [2.05, 4.69) is 4.98 Å². The number of nitrogen functional groups attached to an aromatic ring is 1. The molecule has 10 nitrogen and oxygen atoms in total. The van der Waals surface area contributed by atoms with Crippen LogP contribution in [0, 0.1) is 0 Å². The average Bonchev–Trinajstić information content (AvgIpc) is 2.87. The van der Waals surface area contributed by atoms with Gasteiger partial charge in [0.05, 0.1) is 18.3 Å². The summed E-state index contributed by atoms with van der Waals surface area (Å²) in [6.07, 6.45) is 0.0623. The van der Waals surface area contributed by atoms with Crippen LogP contribution in [0.3, 0.4) is 0 Å². The molecule has 0 aromatic carbocycles. The Labute approximate surface area is 131 Å². The Hall–Kier alpha value is -1.58. The van der Waals surface area contributed by atoms with Gasteiger partial charge in [-0.25, -0.2) is 4.79 Å². The molecule has 23 heavy (non-hydrogen) atoms. The predicted octanol–water partition coefficient (Wildman–Crippen LogP) is -0.860. The molecule has 1 saturated heterocycles. The number of aromatic nitrogens is 2. The summed E-state index contributed by atoms with van der Waals surface area (Å²) in [6.45, 7) is 0.718. The van der Waals surface area contributed by atoms with Crippen molar-refractivity contribution in [1.82, 2.24) is 9.55 Å². The summed E-state index contributed by atoms with van der Waals surface area (Å²) in [5.74, 6) is -0.166. The minimum atomic E-state index is -3.90. The van der Waals surface area contributed by atoms with Crippen molar-refractivity contribution < 1.29 is 28.3 Å². The number of hydrogen-bond acceptors (Lipinski definition) is 9. The minimum Gasteiger partial charge on any atom is -0.779 e. The third kappa shape index (κ3) is 4.24. The predicted molar refractivity (Wildman–Crippen MR) is 77.1 cm³/mol. The fourth-order valence-electron chi connectivity index (χ4n) is 2.27. The van der Waals surface area contributed by atoms with E-state index >= 15 is 0 Å². The number of ether oxygens (including phenoxy) is 2. The second kappa shape index (κ2) is 6.90. The SMILES string of the molecule is CO[C@H]1C[C@H](n2cc(C=O)c(N)nc2=O)O[C@@H]1COP(C)(=O)[O-]. The van der Waals surface area contributed by atoms with Gasteiger partial charge >= 0.3 is 5.69 Å². The largest absolute Gasteiger partial charge is 0.779 e. The maximum absolute atomic E-state index is 11.9. The minimum absolute atomic E-state index is 0.0551. The van der Waals surface area contributed by atoms with E-state index in [1.54, 1.807) is 0 Å². The molecular weight excluding hydrogens is 329 g/mol. The highest BCUT2D eigenvalue weighted by Crippen LogP contribution is 2.35. The molecule has 1 aromatic rings. The topological polar surface area (TPSA) is 146 Å². The summed E-state index contributed by atoms with van der Waals surface area (Å²) in [5, 5.41) is 0. The van der Waals surface area contributed by atoms with Crippen molar-refractivity contribution in [3.63, 3.8) is 0 Å². The zero-order valence-electron chi connectivity index (χ0n) is 12.6. The highest BCUT2D eigenvalue weighted by Gasteiger charge is 2.37. The molecule has 0 saturated carbocycles. The lowest BCUT2D eigenvalue weighted by Gasteiger charge is -2.23. The molecule has 1 aliphatic heterocycles. The van der Waals surface area contributed by atoms with E-state index in [9.17, 15) is 19.0 Å². The molecule has 1 fully saturated rings. The van der Waals surface area contributed by atoms with Crippen LogP contribution in [0.15, 0.2) is 11.0 Å². The third-order valence-corrected chi connectivity index (χ3v) is 4.02. The van der Waals surface area contributed by atoms with Crippen LogP contribution in [-0.2, 0) is 18.6 Å². The quantitative estimate of drug-likeness (QED) is 0.513. The van der Waals surface area contributed by atoms with E-state index in [4.69, 9.17) is 19.7 Å². The van der Waals surface area contributed by atoms with Crippen molar-refractivity contribution in [1.29, 1.82) is 0 Å². The summed E-state index contributed by atoms with van der Waals surface area (Å²) in [5.41, 5.74) is 4.84. The van der Waals surface area contributed by atoms with Gasteiger partial charge in [-0.15, -0.1) is 0 Å². The Balaban J connectivity index is 2.21. The fourth-order valence-corrected chi connectivity index (χ4v) is 2.69. The third-order valence-electron chi connectivity index (χ3n) is 3.40. The van der Waals surface area contributed by atoms with E-state index in [0.29, 0.717) is 6.29 Å². The maximum atomic E-state index is 11.9. The van der Waals surface area contributed by atoms with Crippen LogP contribution in [-0.4, -0.2) is 48.4 Å². The zero-order valence-corrected chi connectivity index (χ0v) is 13.5. The van der Waals surface area contributed by atoms with Crippen LogP contribution in [0.4, 0.5) is 5.82 Å². The Morgan fingerprint density at radius 3 is 2.91 bits per heavy atom. The first kappa shape index (κ1) is 17.8. The molecule has 1 aliphatic rings. The summed E-state index contributed by atoms with van der Waals surface area (Å²) in [6, 6.07) is 0. The van der Waals surface area contributed by atoms with Crippen LogP contribution >= 0.6 is 7.60 Å². The molecule has 2 N–H and O–H groups in total. The molecule has 128 valence electrons. The first-order valence-electron chi connectivity index (χ1n) is 6.70. The smallest absolute Gasteiger partial charge is 0.351 e. The Morgan fingerprint density at radius 1 is 1.65 bits per heavy atom. The summed E-state index contributed by atoms with van der Waals surface area (Å²) in [4.78, 5) is 37.5. The highest BCUT2D eigenvalue weighted by atomic mass is 31.2. The highest BCUT2D eigenvalue weighted by molar-refractivity contribution is 7.50. The maximum Gasteiger partial charge on any atom is 0.351 e. The molecule has 1 unspecified atom stereocenters. The molecule has 1 aromatic heterocycles. The van der Waals surface area contributed by atoms with Gasteiger partial charge < -0.3 is 29.2 Å². The molecule has 0 radical (unpaired) electrons. The standard InChI is InChI=1S/C12H18N3O7P/c1-20-8-3-10(22-9(8)6-21-23(2,18)19)15-4-7(5-16)11(13)14-12(15)17/h4-5,8-10H,3,6H2,1-2H3,(H,18,19)(H2,13,14,17)/p-1/t8-,9+,10+/m0/s1. The average molecular weight is 346 g/mol. The monoisotopic (exact) mass is 346 g/mol. The van der Waals surface area contributed by atoms with Crippen molar-refractivity contribution >= 4 is 19.7 Å². The van der Waals surface area contributed by atoms with Gasteiger partial charge in [-0.3, -0.25) is 9.36 Å². The molecule has 0 aliphatic carbocycles. The van der Waals surface area contributed by atoms with Crippen molar-refractivity contribution in [3.05, 3.63) is 22.2 Å². The van der Waals surface area contributed by atoms with Crippen molar-refractivity contribution in [2.24, 2.45) is 0 Å². The van der Waals surface area contributed by atoms with Crippen LogP contribution in [0.2, 0.25) is 0 Å². The summed E-state index contributed by atoms with van der Waals surface area (Å²) < 4.78 is 27.8. The number of carbonyl (C=O) groups is 1. The normalized spacial score (nSPS) is 26.8. The Bertz CT molecular complexity index is 686. The Kier molecular flexibility index (Phi) is 5.33. The van der Waals surface area contributed by atoms with E-state index in [-0.39, 0.29) is 24.4 Å². The summed E-state index contributed by atoms with van der Waals surface area (Å²) >= 11 is 0. The number of nitrogens with two attached hydrogens (primary N) is 1. The fraction of sp³-hybridized carbons (Fsp3) is 0.583. The molecule has 0 bridgehead atoms. The number of hydrogen-bond donors (Lipinski definition) is 1. The lowest BCUT2D eigenvalue weighted by Crippen LogP contribution is -2.30. The van der Waals surface area contributed by atoms with Gasteiger partial charge in [-0.05, 0) is 0 Å². The molecule has 0 amide bonds. The number of rotatable bonds is 6. The number of carbonyl (C=O) groups excluding carboxylic acids is 1. The Morgan fingerprint density at radius 2 is 2.35 bits per heavy atom. The summed E-state index contributed by atoms with van der Waals surface area (Å²) in [7, 11) is -2.47. The van der Waals surface area contributed by atoms with Gasteiger partial charge in [0, 0.05) is 26.4 Å². The second-order valence-corrected chi connectivity index (χ2v) is 6.90. The number of anilines is 1. The molecule has 0 spiro atoms. The lowest BCUT2D eigenvalue weighted by atomic mass is 10.2. The van der Waals surface area contributed by atoms with Crippen molar-refractivity contribution in [2.75, 3.05) is 26.1 Å². The molecule has 11 heteroatoms.